The molecule has 1 saturated heterocycles. The Morgan fingerprint density at radius 2 is 2.03 bits per heavy atom. The van der Waals surface area contributed by atoms with Crippen LogP contribution in [-0.2, 0) is 6.54 Å². The van der Waals surface area contributed by atoms with Gasteiger partial charge in [-0.15, -0.1) is 24.0 Å². The number of rotatable bonds is 8. The maximum absolute atomic E-state index is 6.14. The molecule has 6 nitrogen and oxygen atoms in total. The summed E-state index contributed by atoms with van der Waals surface area (Å²) in [7, 11) is 5.89. The van der Waals surface area contributed by atoms with Crippen LogP contribution in [0.1, 0.15) is 12.0 Å². The van der Waals surface area contributed by atoms with E-state index in [1.165, 1.54) is 5.69 Å². The topological polar surface area (TPSA) is 52.1 Å². The molecule has 1 aliphatic heterocycles. The number of anilines is 1. The monoisotopic (exact) mass is 557 g/mol. The van der Waals surface area contributed by atoms with Crippen LogP contribution >= 0.6 is 35.6 Å². The van der Waals surface area contributed by atoms with Crippen LogP contribution in [0.4, 0.5) is 5.69 Å². The van der Waals surface area contributed by atoms with Gasteiger partial charge in [0.2, 0.25) is 0 Å². The number of nitrogens with zero attached hydrogens (tertiary/aromatic N) is 3. The Morgan fingerprint density at radius 3 is 2.77 bits per heavy atom. The Morgan fingerprint density at radius 1 is 1.23 bits per heavy atom. The van der Waals surface area contributed by atoms with Crippen LogP contribution in [0.2, 0.25) is 5.02 Å². The maximum Gasteiger partial charge on any atom is 0.191 e. The highest BCUT2D eigenvalue weighted by molar-refractivity contribution is 14.0. The lowest BCUT2D eigenvalue weighted by Gasteiger charge is -2.21. The lowest BCUT2D eigenvalue weighted by atomic mass is 10.2. The molecule has 31 heavy (non-hydrogen) atoms. The normalized spacial score (nSPS) is 16.2. The first-order chi connectivity index (χ1) is 14.5. The van der Waals surface area contributed by atoms with Crippen molar-refractivity contribution in [3.8, 4) is 5.75 Å². The zero-order valence-electron chi connectivity index (χ0n) is 18.5. The largest absolute Gasteiger partial charge is 0.492 e. The Bertz CT molecular complexity index is 848. The highest BCUT2D eigenvalue weighted by Crippen LogP contribution is 2.23. The van der Waals surface area contributed by atoms with Gasteiger partial charge in [0.05, 0.1) is 0 Å². The first-order valence-corrected chi connectivity index (χ1v) is 10.8. The number of para-hydroxylation sites is 1. The summed E-state index contributed by atoms with van der Waals surface area (Å²) in [5.41, 5.74) is 2.28. The molecule has 0 bridgehead atoms. The summed E-state index contributed by atoms with van der Waals surface area (Å²) in [5.74, 6) is 1.71. The van der Waals surface area contributed by atoms with Crippen LogP contribution in [-0.4, -0.2) is 64.3 Å². The molecule has 1 atom stereocenters. The third-order valence-corrected chi connectivity index (χ3v) is 5.38. The lowest BCUT2D eigenvalue weighted by molar-refractivity contribution is 0.259. The first kappa shape index (κ1) is 25.5. The van der Waals surface area contributed by atoms with Crippen molar-refractivity contribution < 1.29 is 4.74 Å². The maximum atomic E-state index is 6.14. The predicted molar refractivity (Wildman–Crippen MR) is 141 cm³/mol. The molecular formula is C23H33ClIN5O. The van der Waals surface area contributed by atoms with Gasteiger partial charge in [0.25, 0.3) is 0 Å². The molecule has 0 saturated carbocycles. The van der Waals surface area contributed by atoms with Crippen molar-refractivity contribution in [1.29, 1.82) is 0 Å². The van der Waals surface area contributed by atoms with E-state index < -0.39 is 0 Å². The lowest BCUT2D eigenvalue weighted by Crippen LogP contribution is -2.44. The van der Waals surface area contributed by atoms with Crippen LogP contribution in [0.25, 0.3) is 0 Å². The Hall–Kier alpha value is -1.71. The number of ether oxygens (including phenoxy) is 1. The number of halogens is 2. The molecule has 0 radical (unpaired) electrons. The average molecular weight is 558 g/mol. The van der Waals surface area contributed by atoms with Gasteiger partial charge in [-0.3, -0.25) is 4.99 Å². The number of hydrogen-bond acceptors (Lipinski definition) is 4. The standard InChI is InChI=1S/C23H32ClN5O.HI/c1-25-23(26-16-18-7-4-5-10-22(18)30-14-13-28(2)3)27-20-11-12-29(17-20)21-9-6-8-19(24)15-21;/h4-10,15,20H,11-14,16-17H2,1-3H3,(H2,25,26,27);1H. The SMILES string of the molecule is CN=C(NCc1ccccc1OCCN(C)C)NC1CCN(c2cccc(Cl)c2)C1.I. The van der Waals surface area contributed by atoms with E-state index >= 15 is 0 Å². The van der Waals surface area contributed by atoms with E-state index in [0.29, 0.717) is 19.2 Å². The molecule has 1 fully saturated rings. The molecule has 0 spiro atoms. The summed E-state index contributed by atoms with van der Waals surface area (Å²) in [6, 6.07) is 16.5. The van der Waals surface area contributed by atoms with E-state index in [1.807, 2.05) is 50.5 Å². The van der Waals surface area contributed by atoms with Crippen molar-refractivity contribution in [3.05, 3.63) is 59.1 Å². The number of nitrogens with one attached hydrogen (secondary N) is 2. The molecule has 1 aliphatic rings. The van der Waals surface area contributed by atoms with Gasteiger partial charge in [0, 0.05) is 55.5 Å². The van der Waals surface area contributed by atoms with Crippen LogP contribution in [0, 0.1) is 0 Å². The van der Waals surface area contributed by atoms with Gasteiger partial charge in [-0.2, -0.15) is 0 Å². The minimum absolute atomic E-state index is 0. The quantitative estimate of drug-likeness (QED) is 0.294. The highest BCUT2D eigenvalue weighted by atomic mass is 127. The zero-order valence-corrected chi connectivity index (χ0v) is 21.6. The fourth-order valence-corrected chi connectivity index (χ4v) is 3.67. The van der Waals surface area contributed by atoms with Crippen molar-refractivity contribution in [2.24, 2.45) is 4.99 Å². The van der Waals surface area contributed by atoms with E-state index in [4.69, 9.17) is 16.3 Å². The smallest absolute Gasteiger partial charge is 0.191 e. The van der Waals surface area contributed by atoms with Crippen molar-refractivity contribution in [1.82, 2.24) is 15.5 Å². The second-order valence-corrected chi connectivity index (χ2v) is 8.18. The highest BCUT2D eigenvalue weighted by Gasteiger charge is 2.23. The molecule has 3 rings (SSSR count). The van der Waals surface area contributed by atoms with Gasteiger partial charge in [0.1, 0.15) is 12.4 Å². The number of likely N-dealkylation sites (N-methyl/N-ethyl adjacent to an activating group) is 1. The number of guanidine groups is 1. The molecule has 2 aromatic carbocycles. The second kappa shape index (κ2) is 13.0. The van der Waals surface area contributed by atoms with Crippen molar-refractivity contribution in [3.63, 3.8) is 0 Å². The van der Waals surface area contributed by atoms with Gasteiger partial charge < -0.3 is 25.2 Å². The Balaban J connectivity index is 0.00000341. The fourth-order valence-electron chi connectivity index (χ4n) is 3.48. The van der Waals surface area contributed by atoms with E-state index in [-0.39, 0.29) is 24.0 Å². The van der Waals surface area contributed by atoms with Crippen LogP contribution in [0.3, 0.4) is 0 Å². The minimum atomic E-state index is 0. The second-order valence-electron chi connectivity index (χ2n) is 7.74. The number of benzene rings is 2. The Kier molecular flexibility index (Phi) is 10.7. The molecule has 2 aromatic rings. The zero-order chi connectivity index (χ0) is 21.3. The van der Waals surface area contributed by atoms with E-state index in [9.17, 15) is 0 Å². The minimum Gasteiger partial charge on any atom is -0.492 e. The third kappa shape index (κ3) is 8.05. The molecule has 0 aromatic heterocycles. The molecule has 1 heterocycles. The molecule has 8 heteroatoms. The van der Waals surface area contributed by atoms with Crippen molar-refractivity contribution >= 4 is 47.2 Å². The van der Waals surface area contributed by atoms with Crippen LogP contribution in [0.5, 0.6) is 5.75 Å². The molecule has 0 amide bonds. The van der Waals surface area contributed by atoms with Crippen LogP contribution in [0.15, 0.2) is 53.5 Å². The summed E-state index contributed by atoms with van der Waals surface area (Å²) in [4.78, 5) is 8.86. The molecule has 0 aliphatic carbocycles. The van der Waals surface area contributed by atoms with Crippen molar-refractivity contribution in [2.45, 2.75) is 19.0 Å². The predicted octanol–water partition coefficient (Wildman–Crippen LogP) is 3.84. The van der Waals surface area contributed by atoms with E-state index in [1.54, 1.807) is 7.05 Å². The molecule has 170 valence electrons. The molecular weight excluding hydrogens is 525 g/mol. The van der Waals surface area contributed by atoms with Gasteiger partial charge in [-0.05, 0) is 44.8 Å². The van der Waals surface area contributed by atoms with Gasteiger partial charge >= 0.3 is 0 Å². The summed E-state index contributed by atoms with van der Waals surface area (Å²) in [6.07, 6.45) is 1.05. The molecule has 1 unspecified atom stereocenters. The summed E-state index contributed by atoms with van der Waals surface area (Å²) >= 11 is 6.14. The van der Waals surface area contributed by atoms with Crippen LogP contribution < -0.4 is 20.3 Å². The molecule has 2 N–H and O–H groups in total. The fraction of sp³-hybridized carbons (Fsp3) is 0.435. The third-order valence-electron chi connectivity index (χ3n) is 5.14. The summed E-state index contributed by atoms with van der Waals surface area (Å²) in [6.45, 7) is 4.12. The van der Waals surface area contributed by atoms with E-state index in [2.05, 4.69) is 37.6 Å². The van der Waals surface area contributed by atoms with Gasteiger partial charge in [-0.25, -0.2) is 0 Å². The summed E-state index contributed by atoms with van der Waals surface area (Å²) < 4.78 is 5.96. The first-order valence-electron chi connectivity index (χ1n) is 10.4. The van der Waals surface area contributed by atoms with Crippen molar-refractivity contribution in [2.75, 3.05) is 52.3 Å². The summed E-state index contributed by atoms with van der Waals surface area (Å²) in [5, 5.41) is 7.74. The average Bonchev–Trinajstić information content (AvgIpc) is 3.20. The van der Waals surface area contributed by atoms with Gasteiger partial charge in [-0.1, -0.05) is 35.9 Å². The van der Waals surface area contributed by atoms with E-state index in [0.717, 1.165) is 48.4 Å². The van der Waals surface area contributed by atoms with Gasteiger partial charge in [0.15, 0.2) is 5.96 Å². The Labute approximate surface area is 208 Å². The number of hydrogen-bond donors (Lipinski definition) is 2. The number of aliphatic imine (C=N–C) groups is 1.